The predicted octanol–water partition coefficient (Wildman–Crippen LogP) is 2.69. The van der Waals surface area contributed by atoms with E-state index in [4.69, 9.17) is 9.47 Å². The van der Waals surface area contributed by atoms with Crippen LogP contribution < -0.4 is 14.8 Å². The van der Waals surface area contributed by atoms with Gasteiger partial charge >= 0.3 is 0 Å². The van der Waals surface area contributed by atoms with Crippen LogP contribution in [-0.4, -0.2) is 37.5 Å². The molecule has 0 aliphatic rings. The molecular formula is C19H22N2O4. The molecule has 2 aromatic carbocycles. The molecule has 132 valence electrons. The first-order chi connectivity index (χ1) is 12.0. The molecule has 1 N–H and O–H groups in total. The number of amides is 2. The molecule has 0 unspecified atom stereocenters. The van der Waals surface area contributed by atoms with Gasteiger partial charge in [0, 0.05) is 26.2 Å². The number of nitrogens with zero attached hydrogens (tertiary/aromatic N) is 1. The highest BCUT2D eigenvalue weighted by atomic mass is 16.5. The van der Waals surface area contributed by atoms with Gasteiger partial charge in [-0.15, -0.1) is 0 Å². The van der Waals surface area contributed by atoms with Gasteiger partial charge in [-0.3, -0.25) is 9.59 Å². The number of carbonyl (C=O) groups is 2. The fraction of sp³-hybridized carbons (Fsp3) is 0.263. The van der Waals surface area contributed by atoms with Crippen LogP contribution in [0.4, 0.5) is 5.69 Å². The van der Waals surface area contributed by atoms with Crippen molar-refractivity contribution in [3.63, 3.8) is 0 Å². The van der Waals surface area contributed by atoms with Crippen LogP contribution in [0.1, 0.15) is 12.5 Å². The Morgan fingerprint density at radius 2 is 1.80 bits per heavy atom. The van der Waals surface area contributed by atoms with E-state index in [0.29, 0.717) is 18.0 Å². The SMILES string of the molecule is COc1cccc(CN(C)C(=O)COc2ccc(NC(C)=O)cc2)c1. The fourth-order valence-electron chi connectivity index (χ4n) is 2.23. The molecule has 2 amide bonds. The van der Waals surface area contributed by atoms with E-state index in [2.05, 4.69) is 5.32 Å². The third-order valence-electron chi connectivity index (χ3n) is 3.52. The molecule has 0 fully saturated rings. The second-order valence-electron chi connectivity index (χ2n) is 5.60. The van der Waals surface area contributed by atoms with E-state index in [-0.39, 0.29) is 18.4 Å². The van der Waals surface area contributed by atoms with Crippen molar-refractivity contribution < 1.29 is 19.1 Å². The summed E-state index contributed by atoms with van der Waals surface area (Å²) < 4.78 is 10.7. The second kappa shape index (κ2) is 8.73. The molecule has 6 heteroatoms. The van der Waals surface area contributed by atoms with E-state index in [1.165, 1.54) is 6.92 Å². The quantitative estimate of drug-likeness (QED) is 0.840. The summed E-state index contributed by atoms with van der Waals surface area (Å²) in [5.74, 6) is 1.06. The van der Waals surface area contributed by atoms with Gasteiger partial charge in [0.2, 0.25) is 5.91 Å². The van der Waals surface area contributed by atoms with Crippen molar-refractivity contribution in [3.05, 3.63) is 54.1 Å². The zero-order chi connectivity index (χ0) is 18.2. The zero-order valence-electron chi connectivity index (χ0n) is 14.6. The van der Waals surface area contributed by atoms with Crippen molar-refractivity contribution in [1.29, 1.82) is 0 Å². The van der Waals surface area contributed by atoms with Crippen LogP contribution in [0.2, 0.25) is 0 Å². The average Bonchev–Trinajstić information content (AvgIpc) is 2.60. The van der Waals surface area contributed by atoms with Gasteiger partial charge in [0.05, 0.1) is 7.11 Å². The molecule has 0 aliphatic heterocycles. The highest BCUT2D eigenvalue weighted by Crippen LogP contribution is 2.16. The van der Waals surface area contributed by atoms with Gasteiger partial charge in [-0.1, -0.05) is 12.1 Å². The van der Waals surface area contributed by atoms with Gasteiger partial charge in [0.1, 0.15) is 11.5 Å². The number of hydrogen-bond donors (Lipinski definition) is 1. The Morgan fingerprint density at radius 1 is 1.08 bits per heavy atom. The Morgan fingerprint density at radius 3 is 2.44 bits per heavy atom. The molecular weight excluding hydrogens is 320 g/mol. The van der Waals surface area contributed by atoms with Crippen LogP contribution in [0.15, 0.2) is 48.5 Å². The van der Waals surface area contributed by atoms with Crippen molar-refractivity contribution >= 4 is 17.5 Å². The molecule has 25 heavy (non-hydrogen) atoms. The van der Waals surface area contributed by atoms with Crippen LogP contribution >= 0.6 is 0 Å². The van der Waals surface area contributed by atoms with Crippen LogP contribution in [0.25, 0.3) is 0 Å². The van der Waals surface area contributed by atoms with E-state index in [0.717, 1.165) is 11.3 Å². The van der Waals surface area contributed by atoms with Crippen molar-refractivity contribution in [2.45, 2.75) is 13.5 Å². The molecule has 2 rings (SSSR count). The number of nitrogens with one attached hydrogen (secondary N) is 1. The lowest BCUT2D eigenvalue weighted by atomic mass is 10.2. The Balaban J connectivity index is 1.85. The van der Waals surface area contributed by atoms with E-state index >= 15 is 0 Å². The number of methoxy groups -OCH3 is 1. The first-order valence-corrected chi connectivity index (χ1v) is 7.85. The number of anilines is 1. The largest absolute Gasteiger partial charge is 0.497 e. The van der Waals surface area contributed by atoms with Crippen LogP contribution in [0, 0.1) is 0 Å². The highest BCUT2D eigenvalue weighted by molar-refractivity contribution is 5.88. The summed E-state index contributed by atoms with van der Waals surface area (Å²) in [6.07, 6.45) is 0. The molecule has 0 aromatic heterocycles. The van der Waals surface area contributed by atoms with Crippen molar-refractivity contribution in [2.24, 2.45) is 0 Å². The maximum atomic E-state index is 12.2. The number of benzene rings is 2. The van der Waals surface area contributed by atoms with Gasteiger partial charge in [0.25, 0.3) is 5.91 Å². The van der Waals surface area contributed by atoms with E-state index in [1.807, 2.05) is 24.3 Å². The maximum Gasteiger partial charge on any atom is 0.260 e. The average molecular weight is 342 g/mol. The standard InChI is InChI=1S/C19H22N2O4/c1-14(22)20-16-7-9-17(10-8-16)25-13-19(23)21(2)12-15-5-4-6-18(11-15)24-3/h4-11H,12-13H2,1-3H3,(H,20,22). The first-order valence-electron chi connectivity index (χ1n) is 7.85. The van der Waals surface area contributed by atoms with Gasteiger partial charge in [-0.05, 0) is 42.0 Å². The summed E-state index contributed by atoms with van der Waals surface area (Å²) in [4.78, 5) is 24.8. The number of carbonyl (C=O) groups excluding carboxylic acids is 2. The van der Waals surface area contributed by atoms with Gasteiger partial charge in [-0.25, -0.2) is 0 Å². The van der Waals surface area contributed by atoms with Crippen molar-refractivity contribution in [3.8, 4) is 11.5 Å². The number of rotatable bonds is 7. The van der Waals surface area contributed by atoms with Gasteiger partial charge in [-0.2, -0.15) is 0 Å². The normalized spacial score (nSPS) is 10.0. The highest BCUT2D eigenvalue weighted by Gasteiger charge is 2.11. The lowest BCUT2D eigenvalue weighted by Crippen LogP contribution is -2.30. The maximum absolute atomic E-state index is 12.2. The molecule has 2 aromatic rings. The summed E-state index contributed by atoms with van der Waals surface area (Å²) in [7, 11) is 3.34. The summed E-state index contributed by atoms with van der Waals surface area (Å²) in [6.45, 7) is 1.86. The second-order valence-corrected chi connectivity index (χ2v) is 5.60. The molecule has 0 bridgehead atoms. The van der Waals surface area contributed by atoms with Crippen LogP contribution in [0.3, 0.4) is 0 Å². The van der Waals surface area contributed by atoms with Gasteiger partial charge in [0.15, 0.2) is 6.61 Å². The Kier molecular flexibility index (Phi) is 6.39. The molecule has 0 atom stereocenters. The minimum atomic E-state index is -0.136. The molecule has 6 nitrogen and oxygen atoms in total. The smallest absolute Gasteiger partial charge is 0.260 e. The Bertz CT molecular complexity index is 728. The summed E-state index contributed by atoms with van der Waals surface area (Å²) >= 11 is 0. The summed E-state index contributed by atoms with van der Waals surface area (Å²) in [5, 5.41) is 2.67. The Hall–Kier alpha value is -3.02. The molecule has 0 spiro atoms. The number of ether oxygens (including phenoxy) is 2. The minimum absolute atomic E-state index is 0.0556. The minimum Gasteiger partial charge on any atom is -0.497 e. The molecule has 0 heterocycles. The van der Waals surface area contributed by atoms with Crippen LogP contribution in [0.5, 0.6) is 11.5 Å². The topological polar surface area (TPSA) is 67.9 Å². The molecule has 0 radical (unpaired) electrons. The van der Waals surface area contributed by atoms with E-state index in [9.17, 15) is 9.59 Å². The third kappa shape index (κ3) is 5.84. The monoisotopic (exact) mass is 342 g/mol. The predicted molar refractivity (Wildman–Crippen MR) is 95.7 cm³/mol. The number of hydrogen-bond acceptors (Lipinski definition) is 4. The van der Waals surface area contributed by atoms with Gasteiger partial charge < -0.3 is 19.7 Å². The Labute approximate surface area is 147 Å². The lowest BCUT2D eigenvalue weighted by Gasteiger charge is -2.18. The van der Waals surface area contributed by atoms with Crippen molar-refractivity contribution in [1.82, 2.24) is 4.90 Å². The fourth-order valence-corrected chi connectivity index (χ4v) is 2.23. The number of likely N-dealkylation sites (N-methyl/N-ethyl adjacent to an activating group) is 1. The summed E-state index contributed by atoms with van der Waals surface area (Å²) in [6, 6.07) is 14.4. The van der Waals surface area contributed by atoms with Crippen molar-refractivity contribution in [2.75, 3.05) is 26.1 Å². The van der Waals surface area contributed by atoms with E-state index in [1.54, 1.807) is 43.3 Å². The third-order valence-corrected chi connectivity index (χ3v) is 3.52. The van der Waals surface area contributed by atoms with E-state index < -0.39 is 0 Å². The first kappa shape index (κ1) is 18.3. The molecule has 0 saturated carbocycles. The zero-order valence-corrected chi connectivity index (χ0v) is 14.6. The lowest BCUT2D eigenvalue weighted by molar-refractivity contribution is -0.132. The molecule has 0 aliphatic carbocycles. The molecule has 0 saturated heterocycles. The summed E-state index contributed by atoms with van der Waals surface area (Å²) in [5.41, 5.74) is 1.66. The van der Waals surface area contributed by atoms with Crippen LogP contribution in [-0.2, 0) is 16.1 Å².